The zero-order valence-corrected chi connectivity index (χ0v) is 16.1. The number of carbonyl (C=O) groups excluding carboxylic acids is 2. The van der Waals surface area contributed by atoms with E-state index >= 15 is 0 Å². The fourth-order valence-electron chi connectivity index (χ4n) is 2.83. The predicted octanol–water partition coefficient (Wildman–Crippen LogP) is 1.09. The van der Waals surface area contributed by atoms with E-state index in [0.29, 0.717) is 35.3 Å². The Morgan fingerprint density at radius 3 is 2.74 bits per heavy atom. The van der Waals surface area contributed by atoms with Crippen LogP contribution in [0.25, 0.3) is 11.3 Å². The summed E-state index contributed by atoms with van der Waals surface area (Å²) < 4.78 is 16.5. The lowest BCUT2D eigenvalue weighted by Gasteiger charge is -2.15. The minimum absolute atomic E-state index is 0.174. The first-order chi connectivity index (χ1) is 12.8. The highest BCUT2D eigenvalue weighted by Gasteiger charge is 2.30. The maximum Gasteiger partial charge on any atom is 0.362 e. The molecular weight excluding hydrogens is 393 g/mol. The lowest BCUT2D eigenvalue weighted by Crippen LogP contribution is -2.34. The van der Waals surface area contributed by atoms with E-state index in [1.54, 1.807) is 11.6 Å². The van der Waals surface area contributed by atoms with Gasteiger partial charge < -0.3 is 25.2 Å². The molecule has 2 amide bonds. The van der Waals surface area contributed by atoms with Crippen LogP contribution in [0.3, 0.4) is 0 Å². The number of benzene rings is 1. The van der Waals surface area contributed by atoms with E-state index in [1.165, 1.54) is 24.3 Å². The number of ether oxygens (including phenoxy) is 1. The molecule has 2 aromatic rings. The van der Waals surface area contributed by atoms with Crippen LogP contribution in [-0.2, 0) is 15.8 Å². The molecule has 0 spiro atoms. The van der Waals surface area contributed by atoms with Crippen LogP contribution in [-0.4, -0.2) is 46.0 Å². The number of hydrogen-bond donors (Lipinski definition) is 4. The lowest BCUT2D eigenvalue weighted by atomic mass is 10.0. The van der Waals surface area contributed by atoms with Crippen molar-refractivity contribution in [1.29, 1.82) is 0 Å². The summed E-state index contributed by atoms with van der Waals surface area (Å²) in [6.07, 6.45) is -0.252. The Bertz CT molecular complexity index is 938. The third-order valence-electron chi connectivity index (χ3n) is 3.91. The van der Waals surface area contributed by atoms with Crippen molar-refractivity contribution in [2.24, 2.45) is 0 Å². The van der Waals surface area contributed by atoms with Crippen LogP contribution >= 0.6 is 18.9 Å². The SMILES string of the molecule is CC(=O)NCCNC(=O)c1ccc(OCP(=O)(O)O)c2c1Cc1scnc1-2. The van der Waals surface area contributed by atoms with Gasteiger partial charge in [0.2, 0.25) is 5.91 Å². The maximum absolute atomic E-state index is 12.5. The number of thiazole rings is 1. The molecule has 1 aliphatic rings. The van der Waals surface area contributed by atoms with Crippen LogP contribution in [0.5, 0.6) is 5.75 Å². The Morgan fingerprint density at radius 1 is 1.30 bits per heavy atom. The Morgan fingerprint density at radius 2 is 2.04 bits per heavy atom. The van der Waals surface area contributed by atoms with Gasteiger partial charge in [0, 0.05) is 42.4 Å². The first-order valence-corrected chi connectivity index (χ1v) is 10.7. The quantitative estimate of drug-likeness (QED) is 0.337. The molecule has 144 valence electrons. The average Bonchev–Trinajstić information content (AvgIpc) is 3.16. The van der Waals surface area contributed by atoms with Gasteiger partial charge in [0.05, 0.1) is 11.2 Å². The van der Waals surface area contributed by atoms with Crippen molar-refractivity contribution in [3.8, 4) is 17.0 Å². The molecular formula is C16H18N3O6PS. The highest BCUT2D eigenvalue weighted by atomic mass is 32.1. The van der Waals surface area contributed by atoms with E-state index in [0.717, 1.165) is 4.88 Å². The summed E-state index contributed by atoms with van der Waals surface area (Å²) in [6, 6.07) is 3.09. The topological polar surface area (TPSA) is 138 Å². The third-order valence-corrected chi connectivity index (χ3v) is 5.21. The standard InChI is InChI=1S/C16H18N3O6PS/c1-9(20)17-4-5-18-16(21)10-2-3-12(25-8-26(22,23)24)14-11(10)6-13-15(14)19-7-27-13/h2-3,7H,4-6,8H2,1H3,(H,17,20)(H,18,21)(H2,22,23,24). The highest BCUT2D eigenvalue weighted by molar-refractivity contribution is 7.51. The lowest BCUT2D eigenvalue weighted by molar-refractivity contribution is -0.118. The number of amides is 2. The van der Waals surface area contributed by atoms with Crippen LogP contribution in [0.2, 0.25) is 0 Å². The number of carbonyl (C=O) groups is 2. The molecule has 0 saturated carbocycles. The minimum atomic E-state index is -4.34. The number of hydrogen-bond acceptors (Lipinski definition) is 6. The van der Waals surface area contributed by atoms with Crippen molar-refractivity contribution >= 4 is 30.7 Å². The van der Waals surface area contributed by atoms with Gasteiger partial charge >= 0.3 is 7.60 Å². The molecule has 0 unspecified atom stereocenters. The number of nitrogens with zero attached hydrogens (tertiary/aromatic N) is 1. The van der Waals surface area contributed by atoms with Gasteiger partial charge in [-0.3, -0.25) is 14.2 Å². The fraction of sp³-hybridized carbons (Fsp3) is 0.312. The molecule has 0 bridgehead atoms. The molecule has 0 atom stereocenters. The third kappa shape index (κ3) is 4.54. The van der Waals surface area contributed by atoms with Gasteiger partial charge in [-0.2, -0.15) is 0 Å². The second kappa shape index (κ2) is 7.77. The normalized spacial score (nSPS) is 12.3. The van der Waals surface area contributed by atoms with Crippen molar-refractivity contribution in [3.05, 3.63) is 33.6 Å². The van der Waals surface area contributed by atoms with Gasteiger partial charge in [-0.15, -0.1) is 11.3 Å². The average molecular weight is 411 g/mol. The molecule has 1 heterocycles. The number of fused-ring (bicyclic) bond motifs is 3. The second-order valence-corrected chi connectivity index (χ2v) is 8.47. The van der Waals surface area contributed by atoms with E-state index in [4.69, 9.17) is 14.5 Å². The van der Waals surface area contributed by atoms with Gasteiger partial charge in [-0.25, -0.2) is 4.98 Å². The first-order valence-electron chi connectivity index (χ1n) is 8.05. The highest BCUT2D eigenvalue weighted by Crippen LogP contribution is 2.46. The van der Waals surface area contributed by atoms with Crippen molar-refractivity contribution in [3.63, 3.8) is 0 Å². The molecule has 3 rings (SSSR count). The summed E-state index contributed by atoms with van der Waals surface area (Å²) in [5.74, 6) is -0.187. The van der Waals surface area contributed by atoms with Crippen LogP contribution in [0.1, 0.15) is 27.7 Å². The van der Waals surface area contributed by atoms with Crippen molar-refractivity contribution in [2.75, 3.05) is 19.4 Å². The Labute approximate surface area is 158 Å². The van der Waals surface area contributed by atoms with E-state index in [-0.39, 0.29) is 24.1 Å². The van der Waals surface area contributed by atoms with Gasteiger partial charge in [0.25, 0.3) is 5.91 Å². The van der Waals surface area contributed by atoms with E-state index in [1.807, 2.05) is 0 Å². The summed E-state index contributed by atoms with van der Waals surface area (Å²) in [7, 11) is -4.34. The zero-order valence-electron chi connectivity index (χ0n) is 14.4. The Balaban J connectivity index is 1.85. The van der Waals surface area contributed by atoms with Gasteiger partial charge in [-0.05, 0) is 17.7 Å². The first kappa shape index (κ1) is 19.5. The van der Waals surface area contributed by atoms with Crippen LogP contribution in [0.15, 0.2) is 17.6 Å². The summed E-state index contributed by atoms with van der Waals surface area (Å²) in [5.41, 5.74) is 4.10. The van der Waals surface area contributed by atoms with Crippen molar-refractivity contribution in [2.45, 2.75) is 13.3 Å². The number of aromatic nitrogens is 1. The molecule has 1 aromatic heterocycles. The molecule has 4 N–H and O–H groups in total. The van der Waals surface area contributed by atoms with Gasteiger partial charge in [-0.1, -0.05) is 0 Å². The molecule has 0 radical (unpaired) electrons. The molecule has 9 nitrogen and oxygen atoms in total. The van der Waals surface area contributed by atoms with Crippen LogP contribution in [0, 0.1) is 0 Å². The summed E-state index contributed by atoms with van der Waals surface area (Å²) in [5, 5.41) is 5.34. The molecule has 27 heavy (non-hydrogen) atoms. The fourth-order valence-corrected chi connectivity index (χ4v) is 3.91. The Hall–Kier alpha value is -2.26. The van der Waals surface area contributed by atoms with E-state index in [9.17, 15) is 14.2 Å². The monoisotopic (exact) mass is 411 g/mol. The van der Waals surface area contributed by atoms with Crippen LogP contribution in [0.4, 0.5) is 0 Å². The summed E-state index contributed by atoms with van der Waals surface area (Å²) in [6.45, 7) is 2.00. The molecule has 1 aliphatic carbocycles. The molecule has 1 aromatic carbocycles. The Kier molecular flexibility index (Phi) is 5.61. The van der Waals surface area contributed by atoms with Crippen molar-refractivity contribution in [1.82, 2.24) is 15.6 Å². The van der Waals surface area contributed by atoms with E-state index < -0.39 is 13.9 Å². The second-order valence-electron chi connectivity index (χ2n) is 5.94. The van der Waals surface area contributed by atoms with E-state index in [2.05, 4.69) is 15.6 Å². The molecule has 0 aliphatic heterocycles. The predicted molar refractivity (Wildman–Crippen MR) is 98.9 cm³/mol. The smallest absolute Gasteiger partial charge is 0.362 e. The van der Waals surface area contributed by atoms with Crippen molar-refractivity contribution < 1.29 is 28.7 Å². The summed E-state index contributed by atoms with van der Waals surface area (Å²) in [4.78, 5) is 46.8. The summed E-state index contributed by atoms with van der Waals surface area (Å²) >= 11 is 1.45. The van der Waals surface area contributed by atoms with Crippen LogP contribution < -0.4 is 15.4 Å². The molecule has 11 heteroatoms. The number of rotatable bonds is 7. The molecule has 0 fully saturated rings. The maximum atomic E-state index is 12.5. The van der Waals surface area contributed by atoms with Gasteiger partial charge in [0.15, 0.2) is 6.35 Å². The molecule has 0 saturated heterocycles. The zero-order chi connectivity index (χ0) is 19.6. The number of nitrogens with one attached hydrogen (secondary N) is 2. The minimum Gasteiger partial charge on any atom is -0.480 e. The van der Waals surface area contributed by atoms with Gasteiger partial charge in [0.1, 0.15) is 5.75 Å². The largest absolute Gasteiger partial charge is 0.480 e.